The second-order valence-corrected chi connectivity index (χ2v) is 5.18. The SMILES string of the molecule is Cc1ccc(-c2cc(C3CCCN3)[nH]n2)c(C)c1. The van der Waals surface area contributed by atoms with E-state index in [2.05, 4.69) is 53.6 Å². The highest BCUT2D eigenvalue weighted by Crippen LogP contribution is 2.27. The first kappa shape index (κ1) is 11.5. The maximum absolute atomic E-state index is 4.46. The minimum Gasteiger partial charge on any atom is -0.309 e. The van der Waals surface area contributed by atoms with Crippen molar-refractivity contribution >= 4 is 0 Å². The molecule has 1 aromatic heterocycles. The number of aromatic amines is 1. The molecule has 3 rings (SSSR count). The number of rotatable bonds is 2. The molecule has 3 nitrogen and oxygen atoms in total. The number of aryl methyl sites for hydroxylation is 2. The van der Waals surface area contributed by atoms with Gasteiger partial charge in [-0.25, -0.2) is 0 Å². The summed E-state index contributed by atoms with van der Waals surface area (Å²) < 4.78 is 0. The Kier molecular flexibility index (Phi) is 2.92. The van der Waals surface area contributed by atoms with E-state index in [1.54, 1.807) is 0 Å². The van der Waals surface area contributed by atoms with Gasteiger partial charge in [0.1, 0.15) is 0 Å². The monoisotopic (exact) mass is 241 g/mol. The number of nitrogens with zero attached hydrogens (tertiary/aromatic N) is 1. The minimum absolute atomic E-state index is 0.456. The first-order valence-corrected chi connectivity index (χ1v) is 6.60. The molecule has 1 aromatic carbocycles. The highest BCUT2D eigenvalue weighted by atomic mass is 15.1. The summed E-state index contributed by atoms with van der Waals surface area (Å²) in [5.41, 5.74) is 6.07. The standard InChI is InChI=1S/C15H19N3/c1-10-5-6-12(11(2)8-10)14-9-15(18-17-14)13-4-3-7-16-13/h5-6,8-9,13,16H,3-4,7H2,1-2H3,(H,17,18). The van der Waals surface area contributed by atoms with Gasteiger partial charge < -0.3 is 5.32 Å². The predicted molar refractivity (Wildman–Crippen MR) is 73.5 cm³/mol. The smallest absolute Gasteiger partial charge is 0.0926 e. The van der Waals surface area contributed by atoms with Crippen LogP contribution in [0.5, 0.6) is 0 Å². The van der Waals surface area contributed by atoms with E-state index in [1.807, 2.05) is 0 Å². The molecule has 0 amide bonds. The fourth-order valence-corrected chi connectivity index (χ4v) is 2.70. The van der Waals surface area contributed by atoms with E-state index in [9.17, 15) is 0 Å². The molecule has 3 heteroatoms. The summed E-state index contributed by atoms with van der Waals surface area (Å²) in [7, 11) is 0. The molecule has 0 spiro atoms. The third-order valence-corrected chi connectivity index (χ3v) is 3.69. The number of nitrogens with one attached hydrogen (secondary N) is 2. The zero-order chi connectivity index (χ0) is 12.5. The Hall–Kier alpha value is -1.61. The van der Waals surface area contributed by atoms with Gasteiger partial charge in [-0.1, -0.05) is 23.8 Å². The number of aromatic nitrogens is 2. The average Bonchev–Trinajstić information content (AvgIpc) is 2.99. The van der Waals surface area contributed by atoms with Gasteiger partial charge in [-0.15, -0.1) is 0 Å². The summed E-state index contributed by atoms with van der Waals surface area (Å²) in [5, 5.41) is 11.1. The van der Waals surface area contributed by atoms with Crippen molar-refractivity contribution in [3.8, 4) is 11.3 Å². The Balaban J connectivity index is 1.92. The van der Waals surface area contributed by atoms with E-state index in [0.29, 0.717) is 6.04 Å². The number of hydrogen-bond donors (Lipinski definition) is 2. The topological polar surface area (TPSA) is 40.7 Å². The summed E-state index contributed by atoms with van der Waals surface area (Å²) >= 11 is 0. The van der Waals surface area contributed by atoms with Crippen molar-refractivity contribution < 1.29 is 0 Å². The quantitative estimate of drug-likeness (QED) is 0.848. The van der Waals surface area contributed by atoms with Gasteiger partial charge in [0, 0.05) is 11.6 Å². The average molecular weight is 241 g/mol. The first-order chi connectivity index (χ1) is 8.74. The molecule has 1 saturated heterocycles. The van der Waals surface area contributed by atoms with Gasteiger partial charge in [-0.3, -0.25) is 5.10 Å². The van der Waals surface area contributed by atoms with Gasteiger partial charge in [0.2, 0.25) is 0 Å². The Morgan fingerprint density at radius 1 is 1.22 bits per heavy atom. The Morgan fingerprint density at radius 2 is 2.11 bits per heavy atom. The number of hydrogen-bond acceptors (Lipinski definition) is 2. The van der Waals surface area contributed by atoms with Gasteiger partial charge >= 0.3 is 0 Å². The Morgan fingerprint density at radius 3 is 2.83 bits per heavy atom. The molecule has 2 aromatic rings. The van der Waals surface area contributed by atoms with Crippen molar-refractivity contribution in [2.45, 2.75) is 32.7 Å². The Bertz CT molecular complexity index is 551. The zero-order valence-corrected chi connectivity index (χ0v) is 11.0. The predicted octanol–water partition coefficient (Wildman–Crippen LogP) is 3.12. The van der Waals surface area contributed by atoms with Crippen LogP contribution in [-0.4, -0.2) is 16.7 Å². The van der Waals surface area contributed by atoms with Crippen LogP contribution in [0.2, 0.25) is 0 Å². The molecule has 18 heavy (non-hydrogen) atoms. The molecular weight excluding hydrogens is 222 g/mol. The second kappa shape index (κ2) is 4.58. The molecule has 0 radical (unpaired) electrons. The van der Waals surface area contributed by atoms with Gasteiger partial charge in [-0.05, 0) is 44.9 Å². The normalized spacial score (nSPS) is 19.3. The number of benzene rings is 1. The highest BCUT2D eigenvalue weighted by molar-refractivity contribution is 5.64. The van der Waals surface area contributed by atoms with Gasteiger partial charge in [0.25, 0.3) is 0 Å². The van der Waals surface area contributed by atoms with E-state index < -0.39 is 0 Å². The van der Waals surface area contributed by atoms with E-state index in [-0.39, 0.29) is 0 Å². The van der Waals surface area contributed by atoms with Gasteiger partial charge in [-0.2, -0.15) is 5.10 Å². The van der Waals surface area contributed by atoms with Crippen molar-refractivity contribution in [1.29, 1.82) is 0 Å². The van der Waals surface area contributed by atoms with E-state index in [0.717, 1.165) is 12.2 Å². The van der Waals surface area contributed by atoms with E-state index in [4.69, 9.17) is 0 Å². The summed E-state index contributed by atoms with van der Waals surface area (Å²) in [4.78, 5) is 0. The lowest BCUT2D eigenvalue weighted by molar-refractivity contribution is 0.625. The lowest BCUT2D eigenvalue weighted by Gasteiger charge is -2.05. The van der Waals surface area contributed by atoms with Gasteiger partial charge in [0.15, 0.2) is 0 Å². The van der Waals surface area contributed by atoms with Crippen LogP contribution in [0.4, 0.5) is 0 Å². The molecule has 1 aliphatic heterocycles. The van der Waals surface area contributed by atoms with Crippen LogP contribution in [0.15, 0.2) is 24.3 Å². The molecule has 1 aliphatic rings. The third-order valence-electron chi connectivity index (χ3n) is 3.69. The fraction of sp³-hybridized carbons (Fsp3) is 0.400. The Labute approximate surface area is 108 Å². The van der Waals surface area contributed by atoms with Crippen LogP contribution in [0, 0.1) is 13.8 Å². The van der Waals surface area contributed by atoms with Crippen LogP contribution in [-0.2, 0) is 0 Å². The fourth-order valence-electron chi connectivity index (χ4n) is 2.70. The lowest BCUT2D eigenvalue weighted by Crippen LogP contribution is -2.12. The van der Waals surface area contributed by atoms with Crippen LogP contribution in [0.25, 0.3) is 11.3 Å². The molecule has 1 unspecified atom stereocenters. The maximum atomic E-state index is 4.46. The molecule has 0 bridgehead atoms. The second-order valence-electron chi connectivity index (χ2n) is 5.18. The zero-order valence-electron chi connectivity index (χ0n) is 11.0. The first-order valence-electron chi connectivity index (χ1n) is 6.60. The summed E-state index contributed by atoms with van der Waals surface area (Å²) in [6.07, 6.45) is 2.46. The molecular formula is C15H19N3. The van der Waals surface area contributed by atoms with Crippen molar-refractivity contribution in [1.82, 2.24) is 15.5 Å². The van der Waals surface area contributed by atoms with E-state index >= 15 is 0 Å². The third kappa shape index (κ3) is 2.06. The lowest BCUT2D eigenvalue weighted by atomic mass is 10.0. The van der Waals surface area contributed by atoms with Crippen LogP contribution >= 0.6 is 0 Å². The summed E-state index contributed by atoms with van der Waals surface area (Å²) in [6.45, 7) is 5.38. The summed E-state index contributed by atoms with van der Waals surface area (Å²) in [5.74, 6) is 0. The molecule has 0 saturated carbocycles. The van der Waals surface area contributed by atoms with Crippen molar-refractivity contribution in [3.63, 3.8) is 0 Å². The van der Waals surface area contributed by atoms with Crippen molar-refractivity contribution in [2.24, 2.45) is 0 Å². The largest absolute Gasteiger partial charge is 0.309 e. The molecule has 94 valence electrons. The van der Waals surface area contributed by atoms with E-state index in [1.165, 1.54) is 35.2 Å². The maximum Gasteiger partial charge on any atom is 0.0926 e. The van der Waals surface area contributed by atoms with Crippen molar-refractivity contribution in [3.05, 3.63) is 41.1 Å². The summed E-state index contributed by atoms with van der Waals surface area (Å²) in [6, 6.07) is 9.15. The highest BCUT2D eigenvalue weighted by Gasteiger charge is 2.18. The molecule has 0 aliphatic carbocycles. The molecule has 1 fully saturated rings. The van der Waals surface area contributed by atoms with Gasteiger partial charge in [0.05, 0.1) is 11.4 Å². The molecule has 1 atom stereocenters. The molecule has 2 N–H and O–H groups in total. The minimum atomic E-state index is 0.456. The van der Waals surface area contributed by atoms with Crippen LogP contribution in [0.3, 0.4) is 0 Å². The van der Waals surface area contributed by atoms with Crippen LogP contribution in [0.1, 0.15) is 35.7 Å². The molecule has 2 heterocycles. The van der Waals surface area contributed by atoms with Crippen LogP contribution < -0.4 is 5.32 Å². The number of H-pyrrole nitrogens is 1. The van der Waals surface area contributed by atoms with Crippen molar-refractivity contribution in [2.75, 3.05) is 6.54 Å².